The van der Waals surface area contributed by atoms with Gasteiger partial charge in [-0.1, -0.05) is 15.9 Å². The second-order valence-corrected chi connectivity index (χ2v) is 5.06. The van der Waals surface area contributed by atoms with Crippen LogP contribution in [0.25, 0.3) is 0 Å². The number of hydrogen-bond donors (Lipinski definition) is 0. The minimum absolute atomic E-state index is 0.159. The van der Waals surface area contributed by atoms with Gasteiger partial charge in [0.2, 0.25) is 0 Å². The molecule has 0 N–H and O–H groups in total. The van der Waals surface area contributed by atoms with E-state index in [1.165, 1.54) is 0 Å². The Morgan fingerprint density at radius 1 is 1.43 bits per heavy atom. The summed E-state index contributed by atoms with van der Waals surface area (Å²) in [6.45, 7) is 4.26. The largest absolute Gasteiger partial charge is 0.492 e. The van der Waals surface area contributed by atoms with Crippen LogP contribution in [0.4, 0.5) is 0 Å². The predicted molar refractivity (Wildman–Crippen MR) is 57.7 cm³/mol. The summed E-state index contributed by atoms with van der Waals surface area (Å²) < 4.78 is 6.47. The third kappa shape index (κ3) is 1.46. The normalized spacial score (nSPS) is 18.6. The van der Waals surface area contributed by atoms with Gasteiger partial charge in [0.1, 0.15) is 12.4 Å². The highest BCUT2D eigenvalue weighted by molar-refractivity contribution is 9.10. The van der Waals surface area contributed by atoms with Gasteiger partial charge in [-0.2, -0.15) is 0 Å². The molecule has 0 saturated carbocycles. The summed E-state index contributed by atoms with van der Waals surface area (Å²) in [7, 11) is 0. The van der Waals surface area contributed by atoms with Gasteiger partial charge in [0.25, 0.3) is 0 Å². The Labute approximate surface area is 91.4 Å². The quantitative estimate of drug-likeness (QED) is 0.712. The number of halogens is 1. The van der Waals surface area contributed by atoms with Crippen LogP contribution in [0.15, 0.2) is 22.7 Å². The average molecular weight is 255 g/mol. The number of ketones is 1. The molecule has 0 fully saturated rings. The number of rotatable bonds is 0. The fraction of sp³-hybridized carbons (Fsp3) is 0.364. The zero-order valence-corrected chi connectivity index (χ0v) is 9.72. The number of carbonyl (C=O) groups excluding carboxylic acids is 1. The van der Waals surface area contributed by atoms with Crippen molar-refractivity contribution in [2.24, 2.45) is 5.41 Å². The number of carbonyl (C=O) groups is 1. The van der Waals surface area contributed by atoms with Gasteiger partial charge >= 0.3 is 0 Å². The molecule has 0 aromatic heterocycles. The van der Waals surface area contributed by atoms with Crippen LogP contribution in [0.1, 0.15) is 24.2 Å². The first kappa shape index (κ1) is 9.71. The Kier molecular flexibility index (Phi) is 2.14. The van der Waals surface area contributed by atoms with Crippen LogP contribution in [0.5, 0.6) is 5.75 Å². The van der Waals surface area contributed by atoms with Crippen LogP contribution in [0.3, 0.4) is 0 Å². The summed E-state index contributed by atoms with van der Waals surface area (Å²) in [6, 6.07) is 5.51. The highest BCUT2D eigenvalue weighted by atomic mass is 79.9. The van der Waals surface area contributed by atoms with E-state index in [9.17, 15) is 4.79 Å². The lowest BCUT2D eigenvalue weighted by atomic mass is 9.83. The molecule has 0 amide bonds. The van der Waals surface area contributed by atoms with E-state index < -0.39 is 5.41 Å². The first-order valence-electron chi connectivity index (χ1n) is 4.48. The fourth-order valence-electron chi connectivity index (χ4n) is 1.49. The highest BCUT2D eigenvalue weighted by Crippen LogP contribution is 2.35. The van der Waals surface area contributed by atoms with Gasteiger partial charge < -0.3 is 4.74 Å². The lowest BCUT2D eigenvalue weighted by molar-refractivity contribution is 0.0692. The maximum Gasteiger partial charge on any atom is 0.175 e. The van der Waals surface area contributed by atoms with E-state index in [0.29, 0.717) is 17.9 Å². The molecule has 0 bridgehead atoms. The second-order valence-electron chi connectivity index (χ2n) is 4.14. The molecule has 0 spiro atoms. The van der Waals surface area contributed by atoms with Gasteiger partial charge in [0.15, 0.2) is 5.78 Å². The fourth-order valence-corrected chi connectivity index (χ4v) is 1.83. The van der Waals surface area contributed by atoms with Gasteiger partial charge in [-0.05, 0) is 32.0 Å². The van der Waals surface area contributed by atoms with Gasteiger partial charge in [0, 0.05) is 4.47 Å². The minimum atomic E-state index is -0.402. The van der Waals surface area contributed by atoms with E-state index in [1.807, 2.05) is 32.0 Å². The second kappa shape index (κ2) is 3.09. The van der Waals surface area contributed by atoms with Gasteiger partial charge in [-0.3, -0.25) is 4.79 Å². The summed E-state index contributed by atoms with van der Waals surface area (Å²) >= 11 is 3.35. The van der Waals surface area contributed by atoms with E-state index in [1.54, 1.807) is 0 Å². The summed E-state index contributed by atoms with van der Waals surface area (Å²) in [5.74, 6) is 0.843. The summed E-state index contributed by atoms with van der Waals surface area (Å²) in [4.78, 5) is 12.0. The number of fused-ring (bicyclic) bond motifs is 1. The number of ether oxygens (including phenoxy) is 1. The van der Waals surface area contributed by atoms with Gasteiger partial charge in [-0.15, -0.1) is 0 Å². The Balaban J connectivity index is 2.52. The first-order valence-corrected chi connectivity index (χ1v) is 5.27. The van der Waals surface area contributed by atoms with Crippen LogP contribution < -0.4 is 4.74 Å². The average Bonchev–Trinajstić information content (AvgIpc) is 2.12. The van der Waals surface area contributed by atoms with E-state index in [0.717, 1.165) is 4.47 Å². The Morgan fingerprint density at radius 3 is 2.86 bits per heavy atom. The number of Topliss-reactive ketones (excluding diaryl/α,β-unsaturated/α-hetero) is 1. The molecule has 1 aromatic carbocycles. The molecular formula is C11H11BrO2. The molecule has 3 heteroatoms. The van der Waals surface area contributed by atoms with Crippen molar-refractivity contribution >= 4 is 21.7 Å². The predicted octanol–water partition coefficient (Wildman–Crippen LogP) is 3.05. The number of hydrogen-bond acceptors (Lipinski definition) is 2. The lowest BCUT2D eigenvalue weighted by Gasteiger charge is -2.29. The molecule has 0 unspecified atom stereocenters. The van der Waals surface area contributed by atoms with Gasteiger partial charge in [0.05, 0.1) is 11.0 Å². The molecule has 14 heavy (non-hydrogen) atoms. The zero-order valence-electron chi connectivity index (χ0n) is 8.13. The summed E-state index contributed by atoms with van der Waals surface area (Å²) in [5.41, 5.74) is 0.283. The molecule has 0 radical (unpaired) electrons. The minimum Gasteiger partial charge on any atom is -0.492 e. The molecule has 0 saturated heterocycles. The molecule has 1 aliphatic heterocycles. The van der Waals surface area contributed by atoms with Crippen LogP contribution in [0, 0.1) is 5.41 Å². The molecule has 0 atom stereocenters. The van der Waals surface area contributed by atoms with Crippen molar-refractivity contribution in [2.75, 3.05) is 6.61 Å². The van der Waals surface area contributed by atoms with Crippen molar-refractivity contribution in [2.45, 2.75) is 13.8 Å². The molecule has 1 aromatic rings. The van der Waals surface area contributed by atoms with Crippen molar-refractivity contribution in [3.05, 3.63) is 28.2 Å². The maximum atomic E-state index is 12.0. The van der Waals surface area contributed by atoms with Crippen LogP contribution in [0.2, 0.25) is 0 Å². The molecular weight excluding hydrogens is 244 g/mol. The molecule has 1 aliphatic rings. The van der Waals surface area contributed by atoms with E-state index in [4.69, 9.17) is 4.74 Å². The van der Waals surface area contributed by atoms with Crippen LogP contribution in [-0.2, 0) is 0 Å². The third-order valence-corrected chi connectivity index (χ3v) is 2.88. The first-order chi connectivity index (χ1) is 6.50. The summed E-state index contributed by atoms with van der Waals surface area (Å²) in [5, 5.41) is 0. The van der Waals surface area contributed by atoms with Crippen LogP contribution >= 0.6 is 15.9 Å². The third-order valence-electron chi connectivity index (χ3n) is 2.39. The molecule has 74 valence electrons. The lowest BCUT2D eigenvalue weighted by Crippen LogP contribution is -2.35. The van der Waals surface area contributed by atoms with Crippen molar-refractivity contribution in [1.82, 2.24) is 0 Å². The Hall–Kier alpha value is -0.830. The maximum absolute atomic E-state index is 12.0. The molecule has 2 nitrogen and oxygen atoms in total. The smallest absolute Gasteiger partial charge is 0.175 e. The highest BCUT2D eigenvalue weighted by Gasteiger charge is 2.35. The standard InChI is InChI=1S/C11H11BrO2/c1-11(2)6-14-9-5-7(12)3-4-8(9)10(11)13/h3-5H,6H2,1-2H3. The van der Waals surface area contributed by atoms with Crippen molar-refractivity contribution in [3.8, 4) is 5.75 Å². The van der Waals surface area contributed by atoms with Crippen molar-refractivity contribution in [1.29, 1.82) is 0 Å². The molecule has 0 aliphatic carbocycles. The Bertz CT molecular complexity index is 396. The van der Waals surface area contributed by atoms with E-state index >= 15 is 0 Å². The SMILES string of the molecule is CC1(C)COc2cc(Br)ccc2C1=O. The van der Waals surface area contributed by atoms with Crippen molar-refractivity contribution in [3.63, 3.8) is 0 Å². The molecule has 2 rings (SSSR count). The van der Waals surface area contributed by atoms with E-state index in [2.05, 4.69) is 15.9 Å². The molecule has 1 heterocycles. The van der Waals surface area contributed by atoms with Gasteiger partial charge in [-0.25, -0.2) is 0 Å². The van der Waals surface area contributed by atoms with Crippen LogP contribution in [-0.4, -0.2) is 12.4 Å². The topological polar surface area (TPSA) is 26.3 Å². The number of benzene rings is 1. The summed E-state index contributed by atoms with van der Waals surface area (Å²) in [6.07, 6.45) is 0. The zero-order chi connectivity index (χ0) is 10.3. The van der Waals surface area contributed by atoms with Crippen molar-refractivity contribution < 1.29 is 9.53 Å². The van der Waals surface area contributed by atoms with E-state index in [-0.39, 0.29) is 5.78 Å². The Morgan fingerprint density at radius 2 is 2.14 bits per heavy atom. The monoisotopic (exact) mass is 254 g/mol.